The Morgan fingerprint density at radius 2 is 2.14 bits per heavy atom. The molecule has 12 heteroatoms. The van der Waals surface area contributed by atoms with Gasteiger partial charge in [0.25, 0.3) is 5.91 Å². The molecule has 28 heavy (non-hydrogen) atoms. The quantitative estimate of drug-likeness (QED) is 0.626. The summed E-state index contributed by atoms with van der Waals surface area (Å²) < 4.78 is 46.3. The van der Waals surface area contributed by atoms with Crippen LogP contribution in [0.5, 0.6) is 5.75 Å². The fourth-order valence-electron chi connectivity index (χ4n) is 3.08. The van der Waals surface area contributed by atoms with Gasteiger partial charge >= 0.3 is 16.3 Å². The Balaban J connectivity index is 1.86. The van der Waals surface area contributed by atoms with Crippen LogP contribution in [0.1, 0.15) is 24.5 Å². The van der Waals surface area contributed by atoms with E-state index in [1.807, 2.05) is 0 Å². The highest BCUT2D eigenvalue weighted by molar-refractivity contribution is 7.92. The number of carbonyl (C=O) groups excluding carboxylic acids is 2. The number of carbonyl (C=O) groups is 2. The lowest BCUT2D eigenvalue weighted by Gasteiger charge is -2.30. The average molecular weight is 417 g/mol. The molecule has 2 aliphatic heterocycles. The number of anilines is 1. The van der Waals surface area contributed by atoms with Gasteiger partial charge in [-0.2, -0.15) is 8.42 Å². The number of ether oxygens (including phenoxy) is 1. The van der Waals surface area contributed by atoms with Gasteiger partial charge in [0.15, 0.2) is 5.82 Å². The van der Waals surface area contributed by atoms with Crippen LogP contribution in [0.3, 0.4) is 0 Å². The third kappa shape index (κ3) is 3.83. The van der Waals surface area contributed by atoms with E-state index in [4.69, 9.17) is 4.74 Å². The molecule has 0 aromatic heterocycles. The SMILES string of the molecule is CC(O)CCOC(=O)N1CCc2cc(O)c(N3CC(=O)NS3(=O)=O)c(F)c2C1. The van der Waals surface area contributed by atoms with Gasteiger partial charge in [-0.1, -0.05) is 0 Å². The van der Waals surface area contributed by atoms with Gasteiger partial charge in [-0.15, -0.1) is 0 Å². The molecule has 0 spiro atoms. The van der Waals surface area contributed by atoms with Gasteiger partial charge in [-0.25, -0.2) is 18.2 Å². The van der Waals surface area contributed by atoms with E-state index in [9.17, 15) is 28.2 Å². The van der Waals surface area contributed by atoms with E-state index >= 15 is 4.39 Å². The van der Waals surface area contributed by atoms with Gasteiger partial charge in [0, 0.05) is 18.5 Å². The molecule has 2 aliphatic rings. The van der Waals surface area contributed by atoms with Crippen LogP contribution in [0.2, 0.25) is 0 Å². The highest BCUT2D eigenvalue weighted by Gasteiger charge is 2.39. The largest absolute Gasteiger partial charge is 0.506 e. The van der Waals surface area contributed by atoms with Crippen LogP contribution < -0.4 is 9.03 Å². The Labute approximate surface area is 160 Å². The van der Waals surface area contributed by atoms with E-state index in [1.165, 1.54) is 11.0 Å². The van der Waals surface area contributed by atoms with Crippen LogP contribution in [0.4, 0.5) is 14.9 Å². The zero-order chi connectivity index (χ0) is 20.6. The first-order chi connectivity index (χ1) is 13.1. The van der Waals surface area contributed by atoms with Gasteiger partial charge < -0.3 is 19.8 Å². The number of phenols is 1. The number of rotatable bonds is 4. The lowest BCUT2D eigenvalue weighted by atomic mass is 9.97. The average Bonchev–Trinajstić information content (AvgIpc) is 2.86. The standard InChI is InChI=1S/C16H20FN3O7S/c1-9(21)3-5-27-16(24)19-4-2-10-6-12(22)15(14(17)11(10)7-19)20-8-13(23)18-28(20,25)26/h6,9,21-22H,2-5,7-8H2,1H3,(H,18,23). The Hall–Kier alpha value is -2.60. The lowest BCUT2D eigenvalue weighted by Crippen LogP contribution is -2.38. The molecule has 3 rings (SSSR count). The van der Waals surface area contributed by atoms with Crippen molar-refractivity contribution in [2.75, 3.05) is 24.0 Å². The molecule has 1 atom stereocenters. The fraction of sp³-hybridized carbons (Fsp3) is 0.500. The van der Waals surface area contributed by atoms with E-state index in [0.717, 1.165) is 0 Å². The molecule has 0 saturated carbocycles. The number of hydrogen-bond donors (Lipinski definition) is 3. The smallest absolute Gasteiger partial charge is 0.410 e. The van der Waals surface area contributed by atoms with E-state index < -0.39 is 52.1 Å². The maximum Gasteiger partial charge on any atom is 0.410 e. The highest BCUT2D eigenvalue weighted by atomic mass is 32.2. The van der Waals surface area contributed by atoms with Crippen molar-refractivity contribution in [2.45, 2.75) is 32.4 Å². The van der Waals surface area contributed by atoms with Crippen LogP contribution in [0.25, 0.3) is 0 Å². The third-order valence-corrected chi connectivity index (χ3v) is 5.88. The van der Waals surface area contributed by atoms with Gasteiger partial charge in [0.05, 0.1) is 19.3 Å². The molecule has 1 fully saturated rings. The second-order valence-corrected chi connectivity index (χ2v) is 8.25. The molecule has 0 aliphatic carbocycles. The maximum atomic E-state index is 15.1. The molecule has 1 unspecified atom stereocenters. The first-order valence-corrected chi connectivity index (χ1v) is 10.0. The fourth-order valence-corrected chi connectivity index (χ4v) is 4.25. The van der Waals surface area contributed by atoms with Crippen LogP contribution in [-0.2, 0) is 32.7 Å². The predicted octanol–water partition coefficient (Wildman–Crippen LogP) is -0.0221. The monoisotopic (exact) mass is 417 g/mol. The molecular weight excluding hydrogens is 397 g/mol. The van der Waals surface area contributed by atoms with Crippen molar-refractivity contribution in [3.63, 3.8) is 0 Å². The van der Waals surface area contributed by atoms with E-state index in [1.54, 1.807) is 11.6 Å². The Morgan fingerprint density at radius 1 is 1.43 bits per heavy atom. The highest BCUT2D eigenvalue weighted by Crippen LogP contribution is 2.39. The van der Waals surface area contributed by atoms with Crippen LogP contribution >= 0.6 is 0 Å². The number of fused-ring (bicyclic) bond motifs is 1. The van der Waals surface area contributed by atoms with Crippen molar-refractivity contribution in [1.29, 1.82) is 0 Å². The number of nitrogens with one attached hydrogen (secondary N) is 1. The van der Waals surface area contributed by atoms with Crippen LogP contribution in [0, 0.1) is 5.82 Å². The molecule has 154 valence electrons. The van der Waals surface area contributed by atoms with E-state index in [2.05, 4.69) is 0 Å². The summed E-state index contributed by atoms with van der Waals surface area (Å²) in [6.07, 6.45) is -0.825. The minimum atomic E-state index is -4.31. The van der Waals surface area contributed by atoms with Gasteiger partial charge in [0.2, 0.25) is 0 Å². The summed E-state index contributed by atoms with van der Waals surface area (Å²) in [6.45, 7) is 0.943. The Morgan fingerprint density at radius 3 is 2.75 bits per heavy atom. The van der Waals surface area contributed by atoms with E-state index in [0.29, 0.717) is 9.87 Å². The first-order valence-electron chi connectivity index (χ1n) is 8.56. The van der Waals surface area contributed by atoms with E-state index in [-0.39, 0.29) is 38.1 Å². The normalized spacial score (nSPS) is 19.2. The number of hydrogen-bond acceptors (Lipinski definition) is 7. The van der Waals surface area contributed by atoms with Crippen molar-refractivity contribution in [3.05, 3.63) is 23.0 Å². The van der Waals surface area contributed by atoms with Crippen molar-refractivity contribution < 1.29 is 37.3 Å². The molecule has 1 aromatic carbocycles. The van der Waals surface area contributed by atoms with Crippen LogP contribution in [0.15, 0.2) is 6.07 Å². The number of halogens is 1. The minimum absolute atomic E-state index is 0.00295. The first kappa shape index (κ1) is 20.1. The number of benzene rings is 1. The predicted molar refractivity (Wildman–Crippen MR) is 94.2 cm³/mol. The summed E-state index contributed by atoms with van der Waals surface area (Å²) in [5.41, 5.74) is -0.162. The molecule has 1 aromatic rings. The van der Waals surface area contributed by atoms with Crippen molar-refractivity contribution in [3.8, 4) is 5.75 Å². The summed E-state index contributed by atoms with van der Waals surface area (Å²) in [7, 11) is -4.31. The topological polar surface area (TPSA) is 136 Å². The molecule has 2 heterocycles. The summed E-state index contributed by atoms with van der Waals surface area (Å²) in [4.78, 5) is 24.8. The number of aliphatic hydroxyl groups excluding tert-OH is 1. The van der Waals surface area contributed by atoms with Gasteiger partial charge in [-0.05, 0) is 25.0 Å². The second-order valence-electron chi connectivity index (χ2n) is 6.66. The minimum Gasteiger partial charge on any atom is -0.506 e. The lowest BCUT2D eigenvalue weighted by molar-refractivity contribution is -0.117. The number of nitrogens with zero attached hydrogens (tertiary/aromatic N) is 2. The van der Waals surface area contributed by atoms with Gasteiger partial charge in [0.1, 0.15) is 18.0 Å². The summed E-state index contributed by atoms with van der Waals surface area (Å²) in [6, 6.07) is 1.24. The Bertz CT molecular complexity index is 919. The second kappa shape index (κ2) is 7.43. The molecular formula is C16H20FN3O7S. The Kier molecular flexibility index (Phi) is 5.35. The summed E-state index contributed by atoms with van der Waals surface area (Å²) in [5, 5.41) is 19.4. The van der Waals surface area contributed by atoms with Crippen molar-refractivity contribution in [1.82, 2.24) is 9.62 Å². The number of aliphatic hydroxyl groups is 1. The molecule has 0 radical (unpaired) electrons. The van der Waals surface area contributed by atoms with Crippen LogP contribution in [-0.4, -0.2) is 61.3 Å². The molecule has 10 nitrogen and oxygen atoms in total. The molecule has 3 N–H and O–H groups in total. The number of phenolic OH excluding ortho intramolecular Hbond substituents is 1. The van der Waals surface area contributed by atoms with Crippen molar-refractivity contribution in [2.24, 2.45) is 0 Å². The van der Waals surface area contributed by atoms with Gasteiger partial charge in [-0.3, -0.25) is 4.79 Å². The third-order valence-electron chi connectivity index (χ3n) is 4.50. The zero-order valence-electron chi connectivity index (χ0n) is 15.0. The number of amides is 2. The molecule has 0 bridgehead atoms. The summed E-state index contributed by atoms with van der Waals surface area (Å²) in [5.74, 6) is -2.47. The zero-order valence-corrected chi connectivity index (χ0v) is 15.8. The molecule has 2 amide bonds. The molecule has 1 saturated heterocycles. The summed E-state index contributed by atoms with van der Waals surface area (Å²) >= 11 is 0. The van der Waals surface area contributed by atoms with Crippen molar-refractivity contribution >= 4 is 27.9 Å². The maximum absolute atomic E-state index is 15.1. The number of aromatic hydroxyl groups is 1.